The van der Waals surface area contributed by atoms with Crippen LogP contribution in [0.5, 0.6) is 0 Å². The second-order valence-electron chi connectivity index (χ2n) is 7.11. The molecule has 0 radical (unpaired) electrons. The van der Waals surface area contributed by atoms with Gasteiger partial charge in [-0.2, -0.15) is 15.0 Å². The average Bonchev–Trinajstić information content (AvgIpc) is 3.10. The molecule has 142 valence electrons. The minimum atomic E-state index is 0.691. The van der Waals surface area contributed by atoms with Crippen LogP contribution >= 0.6 is 0 Å². The first-order valence-corrected chi connectivity index (χ1v) is 10.0. The highest BCUT2D eigenvalue weighted by molar-refractivity contribution is 5.60. The zero-order chi connectivity index (χ0) is 18.9. The quantitative estimate of drug-likeness (QED) is 0.518. The van der Waals surface area contributed by atoms with E-state index in [0.29, 0.717) is 6.54 Å². The molecule has 1 N–H and O–H groups in total. The van der Waals surface area contributed by atoms with Crippen LogP contribution in [0, 0.1) is 6.92 Å². The lowest BCUT2D eigenvalue weighted by atomic mass is 10.1. The summed E-state index contributed by atoms with van der Waals surface area (Å²) >= 11 is 0. The molecule has 0 unspecified atom stereocenters. The molecule has 0 fully saturated rings. The third-order valence-corrected chi connectivity index (χ3v) is 4.72. The highest BCUT2D eigenvalue weighted by Gasteiger charge is 2.13. The summed E-state index contributed by atoms with van der Waals surface area (Å²) in [4.78, 5) is 1.82. The number of rotatable bonds is 10. The number of aromatic nitrogens is 3. The van der Waals surface area contributed by atoms with Crippen LogP contribution in [0.1, 0.15) is 49.4 Å². The van der Waals surface area contributed by atoms with E-state index in [4.69, 9.17) is 10.2 Å². The van der Waals surface area contributed by atoms with Gasteiger partial charge in [0.25, 0.3) is 0 Å². The van der Waals surface area contributed by atoms with Crippen LogP contribution in [0.25, 0.3) is 11.3 Å². The highest BCUT2D eigenvalue weighted by atomic mass is 15.5. The molecule has 27 heavy (non-hydrogen) atoms. The van der Waals surface area contributed by atoms with E-state index < -0.39 is 0 Å². The number of aryl methyl sites for hydroxylation is 1. The summed E-state index contributed by atoms with van der Waals surface area (Å²) in [6.07, 6.45) is 5.08. The number of hydrogen-bond donors (Lipinski definition) is 1. The summed E-state index contributed by atoms with van der Waals surface area (Å²) in [6.45, 7) is 6.82. The van der Waals surface area contributed by atoms with Crippen LogP contribution in [0.2, 0.25) is 0 Å². The van der Waals surface area contributed by atoms with Crippen molar-refractivity contribution in [3.8, 4) is 11.3 Å². The Labute approximate surface area is 162 Å². The minimum Gasteiger partial charge on any atom is -0.311 e. The summed E-state index contributed by atoms with van der Waals surface area (Å²) in [5.74, 6) is 0. The Morgan fingerprint density at radius 3 is 2.41 bits per heavy atom. The van der Waals surface area contributed by atoms with Crippen LogP contribution in [-0.4, -0.2) is 21.5 Å². The molecule has 2 aromatic carbocycles. The monoisotopic (exact) mass is 362 g/mol. The number of hydrogen-bond acceptors (Lipinski definition) is 3. The van der Waals surface area contributed by atoms with Gasteiger partial charge in [-0.25, -0.2) is 0 Å². The van der Waals surface area contributed by atoms with Crippen molar-refractivity contribution in [1.29, 1.82) is 0 Å². The zero-order valence-corrected chi connectivity index (χ0v) is 16.5. The summed E-state index contributed by atoms with van der Waals surface area (Å²) < 4.78 is 0. The molecule has 0 saturated heterocycles. The van der Waals surface area contributed by atoms with Crippen LogP contribution in [0.15, 0.2) is 54.6 Å². The lowest BCUT2D eigenvalue weighted by Crippen LogP contribution is -2.16. The Morgan fingerprint density at radius 2 is 1.67 bits per heavy atom. The molecule has 0 aliphatic carbocycles. The zero-order valence-electron chi connectivity index (χ0n) is 16.5. The van der Waals surface area contributed by atoms with E-state index >= 15 is 0 Å². The Balaban J connectivity index is 1.71. The lowest BCUT2D eigenvalue weighted by molar-refractivity contribution is 0.565. The van der Waals surface area contributed by atoms with Crippen molar-refractivity contribution in [3.63, 3.8) is 0 Å². The third kappa shape index (κ3) is 5.76. The maximum absolute atomic E-state index is 4.79. The second-order valence-corrected chi connectivity index (χ2v) is 7.11. The van der Waals surface area contributed by atoms with Crippen molar-refractivity contribution < 1.29 is 0 Å². The van der Waals surface area contributed by atoms with Gasteiger partial charge < -0.3 is 5.32 Å². The number of unbranched alkanes of at least 4 members (excludes halogenated alkanes) is 3. The molecule has 1 heterocycles. The maximum atomic E-state index is 4.79. The predicted octanol–water partition coefficient (Wildman–Crippen LogP) is 4.97. The normalized spacial score (nSPS) is 11.0. The van der Waals surface area contributed by atoms with Gasteiger partial charge >= 0.3 is 0 Å². The van der Waals surface area contributed by atoms with Gasteiger partial charge in [0.2, 0.25) is 0 Å². The number of nitrogens with one attached hydrogen (secondary N) is 1. The van der Waals surface area contributed by atoms with Crippen LogP contribution in [0.3, 0.4) is 0 Å². The number of benzene rings is 2. The van der Waals surface area contributed by atoms with E-state index in [0.717, 1.165) is 30.0 Å². The third-order valence-electron chi connectivity index (χ3n) is 4.72. The van der Waals surface area contributed by atoms with E-state index in [1.165, 1.54) is 36.8 Å². The molecule has 3 rings (SSSR count). The van der Waals surface area contributed by atoms with E-state index in [2.05, 4.69) is 67.7 Å². The minimum absolute atomic E-state index is 0.691. The predicted molar refractivity (Wildman–Crippen MR) is 112 cm³/mol. The largest absolute Gasteiger partial charge is 0.311 e. The molecule has 0 amide bonds. The smallest absolute Gasteiger partial charge is 0.117 e. The molecule has 4 heteroatoms. The molecule has 3 aromatic rings. The molecule has 0 aliphatic rings. The van der Waals surface area contributed by atoms with Crippen LogP contribution in [0.4, 0.5) is 0 Å². The van der Waals surface area contributed by atoms with Gasteiger partial charge in [0.1, 0.15) is 11.4 Å². The fraction of sp³-hybridized carbons (Fsp3) is 0.391. The fourth-order valence-electron chi connectivity index (χ4n) is 3.13. The lowest BCUT2D eigenvalue weighted by Gasteiger charge is -2.04. The standard InChI is InChI=1S/C23H30N4/c1-3-4-5-9-16-24-17-22-23(21-10-7-6-8-11-21)26-27(25-22)18-20-14-12-19(2)13-15-20/h6-8,10-15,24H,3-5,9,16-18H2,1-2H3. The Morgan fingerprint density at radius 1 is 0.889 bits per heavy atom. The Hall–Kier alpha value is -2.46. The first kappa shape index (κ1) is 19.3. The van der Waals surface area contributed by atoms with E-state index in [1.54, 1.807) is 0 Å². The van der Waals surface area contributed by atoms with E-state index in [9.17, 15) is 0 Å². The van der Waals surface area contributed by atoms with Crippen LogP contribution < -0.4 is 5.32 Å². The molecular formula is C23H30N4. The van der Waals surface area contributed by atoms with Gasteiger partial charge in [0.05, 0.1) is 6.54 Å². The van der Waals surface area contributed by atoms with Crippen LogP contribution in [-0.2, 0) is 13.1 Å². The topological polar surface area (TPSA) is 42.7 Å². The Bertz CT molecular complexity index is 806. The first-order chi connectivity index (χ1) is 13.3. The van der Waals surface area contributed by atoms with Crippen molar-refractivity contribution in [2.45, 2.75) is 52.6 Å². The summed E-state index contributed by atoms with van der Waals surface area (Å²) in [6, 6.07) is 18.9. The van der Waals surface area contributed by atoms with Crippen molar-refractivity contribution >= 4 is 0 Å². The highest BCUT2D eigenvalue weighted by Crippen LogP contribution is 2.20. The second kappa shape index (κ2) is 10.0. The van der Waals surface area contributed by atoms with E-state index in [1.807, 2.05) is 10.9 Å². The van der Waals surface area contributed by atoms with Gasteiger partial charge in [-0.15, -0.1) is 0 Å². The molecule has 0 spiro atoms. The van der Waals surface area contributed by atoms with Crippen molar-refractivity contribution in [3.05, 3.63) is 71.4 Å². The molecule has 0 atom stereocenters. The fourth-order valence-corrected chi connectivity index (χ4v) is 3.13. The van der Waals surface area contributed by atoms with Crippen molar-refractivity contribution in [2.75, 3.05) is 6.54 Å². The van der Waals surface area contributed by atoms with Gasteiger partial charge in [-0.05, 0) is 25.5 Å². The first-order valence-electron chi connectivity index (χ1n) is 10.0. The molecule has 0 aliphatic heterocycles. The van der Waals surface area contributed by atoms with Gasteiger partial charge in [-0.3, -0.25) is 0 Å². The molecule has 4 nitrogen and oxygen atoms in total. The van der Waals surface area contributed by atoms with Gasteiger partial charge in [0, 0.05) is 12.1 Å². The summed E-state index contributed by atoms with van der Waals surface area (Å²) in [5, 5.41) is 13.1. The van der Waals surface area contributed by atoms with Crippen molar-refractivity contribution in [1.82, 2.24) is 20.3 Å². The molecule has 1 aromatic heterocycles. The maximum Gasteiger partial charge on any atom is 0.117 e. The molecule has 0 saturated carbocycles. The molecular weight excluding hydrogens is 332 g/mol. The molecule has 0 bridgehead atoms. The number of nitrogens with zero attached hydrogens (tertiary/aromatic N) is 3. The Kier molecular flexibility index (Phi) is 7.17. The van der Waals surface area contributed by atoms with Crippen molar-refractivity contribution in [2.24, 2.45) is 0 Å². The SMILES string of the molecule is CCCCCCNCc1nn(Cc2ccc(C)cc2)nc1-c1ccccc1. The summed E-state index contributed by atoms with van der Waals surface area (Å²) in [7, 11) is 0. The van der Waals surface area contributed by atoms with E-state index in [-0.39, 0.29) is 0 Å². The average molecular weight is 363 g/mol. The summed E-state index contributed by atoms with van der Waals surface area (Å²) in [5.41, 5.74) is 5.60. The van der Waals surface area contributed by atoms with Gasteiger partial charge in [-0.1, -0.05) is 86.3 Å². The van der Waals surface area contributed by atoms with Gasteiger partial charge in [0.15, 0.2) is 0 Å².